The highest BCUT2D eigenvalue weighted by Gasteiger charge is 2.43. The third kappa shape index (κ3) is 1.27. The van der Waals surface area contributed by atoms with Gasteiger partial charge in [-0.15, -0.1) is 0 Å². The van der Waals surface area contributed by atoms with Crippen molar-refractivity contribution in [2.45, 2.75) is 46.1 Å². The van der Waals surface area contributed by atoms with Crippen LogP contribution in [-0.2, 0) is 5.60 Å². The van der Waals surface area contributed by atoms with E-state index < -0.39 is 5.60 Å². The van der Waals surface area contributed by atoms with Crippen LogP contribution in [0, 0.1) is 27.7 Å². The lowest BCUT2D eigenvalue weighted by Gasteiger charge is -2.17. The number of aryl methyl sites for hydroxylation is 1. The Hall–Kier alpha value is -0.820. The van der Waals surface area contributed by atoms with Crippen LogP contribution in [0.25, 0.3) is 0 Å². The number of hydrogen-bond acceptors (Lipinski definition) is 1. The highest BCUT2D eigenvalue weighted by Crippen LogP contribution is 2.47. The van der Waals surface area contributed by atoms with Crippen molar-refractivity contribution in [1.29, 1.82) is 0 Å². The molecule has 0 amide bonds. The Labute approximate surface area is 85.8 Å². The smallest absolute Gasteiger partial charge is 0.0901 e. The van der Waals surface area contributed by atoms with Crippen molar-refractivity contribution in [3.8, 4) is 0 Å². The van der Waals surface area contributed by atoms with Gasteiger partial charge in [0.1, 0.15) is 0 Å². The molecule has 2 rings (SSSR count). The molecule has 1 aromatic rings. The van der Waals surface area contributed by atoms with Crippen LogP contribution in [-0.4, -0.2) is 5.11 Å². The summed E-state index contributed by atoms with van der Waals surface area (Å²) in [5.41, 5.74) is 5.92. The minimum atomic E-state index is -0.493. The molecule has 0 saturated heterocycles. The highest BCUT2D eigenvalue weighted by atomic mass is 16.3. The van der Waals surface area contributed by atoms with Crippen molar-refractivity contribution in [2.75, 3.05) is 0 Å². The summed E-state index contributed by atoms with van der Waals surface area (Å²) >= 11 is 0. The monoisotopic (exact) mass is 190 g/mol. The van der Waals surface area contributed by atoms with Crippen LogP contribution < -0.4 is 0 Å². The number of rotatable bonds is 1. The first-order valence-corrected chi connectivity index (χ1v) is 5.26. The van der Waals surface area contributed by atoms with E-state index in [9.17, 15) is 5.11 Å². The first-order valence-electron chi connectivity index (χ1n) is 5.26. The normalized spacial score (nSPS) is 18.4. The Balaban J connectivity index is 2.62. The molecule has 1 nitrogen and oxygen atoms in total. The zero-order valence-electron chi connectivity index (χ0n) is 9.44. The number of benzene rings is 1. The molecular formula is C13H18O. The van der Waals surface area contributed by atoms with E-state index in [0.29, 0.717) is 0 Å². The first kappa shape index (κ1) is 9.72. The largest absolute Gasteiger partial charge is 0.385 e. The Morgan fingerprint density at radius 2 is 1.57 bits per heavy atom. The average molecular weight is 190 g/mol. The summed E-state index contributed by atoms with van der Waals surface area (Å²) in [6.07, 6.45) is 1.85. The van der Waals surface area contributed by atoms with Crippen molar-refractivity contribution in [3.63, 3.8) is 0 Å². The predicted octanol–water partition coefficient (Wildman–Crippen LogP) is 2.90. The lowest BCUT2D eigenvalue weighted by Crippen LogP contribution is -2.09. The molecule has 0 heterocycles. The molecule has 0 atom stereocenters. The van der Waals surface area contributed by atoms with E-state index >= 15 is 0 Å². The minimum absolute atomic E-state index is 0.493. The maximum atomic E-state index is 10.1. The number of aliphatic hydroxyl groups is 1. The van der Waals surface area contributed by atoms with E-state index in [-0.39, 0.29) is 0 Å². The molecule has 0 unspecified atom stereocenters. The molecule has 1 saturated carbocycles. The summed E-state index contributed by atoms with van der Waals surface area (Å²) in [5.74, 6) is 0. The predicted molar refractivity (Wildman–Crippen MR) is 58.5 cm³/mol. The first-order chi connectivity index (χ1) is 6.46. The quantitative estimate of drug-likeness (QED) is 0.722. The van der Waals surface area contributed by atoms with Crippen molar-refractivity contribution < 1.29 is 5.11 Å². The van der Waals surface area contributed by atoms with Gasteiger partial charge in [-0.1, -0.05) is 6.07 Å². The van der Waals surface area contributed by atoms with Gasteiger partial charge in [-0.25, -0.2) is 0 Å². The van der Waals surface area contributed by atoms with Gasteiger partial charge in [0.15, 0.2) is 0 Å². The molecule has 76 valence electrons. The fourth-order valence-corrected chi connectivity index (χ4v) is 2.08. The lowest BCUT2D eigenvalue weighted by atomic mass is 9.91. The summed E-state index contributed by atoms with van der Waals surface area (Å²) < 4.78 is 0. The van der Waals surface area contributed by atoms with Crippen molar-refractivity contribution in [2.24, 2.45) is 0 Å². The zero-order valence-corrected chi connectivity index (χ0v) is 9.44. The Morgan fingerprint density at radius 1 is 1.00 bits per heavy atom. The summed E-state index contributed by atoms with van der Waals surface area (Å²) in [7, 11) is 0. The van der Waals surface area contributed by atoms with Crippen molar-refractivity contribution in [1.82, 2.24) is 0 Å². The van der Waals surface area contributed by atoms with Gasteiger partial charge in [0.25, 0.3) is 0 Å². The Morgan fingerprint density at radius 3 is 2.07 bits per heavy atom. The van der Waals surface area contributed by atoms with Gasteiger partial charge in [-0.05, 0) is 68.4 Å². The fourth-order valence-electron chi connectivity index (χ4n) is 2.08. The van der Waals surface area contributed by atoms with Crippen LogP contribution in [0.2, 0.25) is 0 Å². The third-order valence-corrected chi connectivity index (χ3v) is 3.71. The van der Waals surface area contributed by atoms with E-state index in [1.54, 1.807) is 0 Å². The van der Waals surface area contributed by atoms with E-state index in [1.165, 1.54) is 22.3 Å². The summed E-state index contributed by atoms with van der Waals surface area (Å²) in [6, 6.07) is 2.16. The van der Waals surface area contributed by atoms with Crippen molar-refractivity contribution in [3.05, 3.63) is 33.9 Å². The molecule has 0 bridgehead atoms. The molecule has 1 aliphatic carbocycles. The van der Waals surface area contributed by atoms with Crippen LogP contribution in [0.15, 0.2) is 6.07 Å². The van der Waals surface area contributed by atoms with Crippen LogP contribution in [0.3, 0.4) is 0 Å². The molecule has 0 radical (unpaired) electrons. The molecule has 1 N–H and O–H groups in total. The zero-order chi connectivity index (χ0) is 10.5. The Kier molecular flexibility index (Phi) is 1.97. The lowest BCUT2D eigenvalue weighted by molar-refractivity contribution is 0.150. The molecular weight excluding hydrogens is 172 g/mol. The summed E-state index contributed by atoms with van der Waals surface area (Å²) in [6.45, 7) is 8.54. The second kappa shape index (κ2) is 2.83. The van der Waals surface area contributed by atoms with Gasteiger partial charge < -0.3 is 5.11 Å². The fraction of sp³-hybridized carbons (Fsp3) is 0.538. The molecule has 1 aliphatic rings. The van der Waals surface area contributed by atoms with Crippen LogP contribution in [0.5, 0.6) is 0 Å². The molecule has 1 fully saturated rings. The van der Waals surface area contributed by atoms with Gasteiger partial charge in [0, 0.05) is 0 Å². The van der Waals surface area contributed by atoms with E-state index in [2.05, 4.69) is 33.8 Å². The van der Waals surface area contributed by atoms with Crippen molar-refractivity contribution >= 4 is 0 Å². The third-order valence-electron chi connectivity index (χ3n) is 3.71. The van der Waals surface area contributed by atoms with Gasteiger partial charge in [-0.3, -0.25) is 0 Å². The Bertz CT molecular complexity index is 387. The van der Waals surface area contributed by atoms with Crippen LogP contribution in [0.4, 0.5) is 0 Å². The standard InChI is InChI=1S/C13H18O/c1-8-7-12(13(14)5-6-13)11(4)10(3)9(8)2/h7,14H,5-6H2,1-4H3. The second-order valence-corrected chi connectivity index (χ2v) is 4.65. The average Bonchev–Trinajstić information content (AvgIpc) is 2.87. The second-order valence-electron chi connectivity index (χ2n) is 4.65. The molecule has 0 aliphatic heterocycles. The minimum Gasteiger partial charge on any atom is -0.385 e. The SMILES string of the molecule is Cc1cc(C2(O)CC2)c(C)c(C)c1C. The number of hydrogen-bond donors (Lipinski definition) is 1. The topological polar surface area (TPSA) is 20.2 Å². The molecule has 0 spiro atoms. The summed E-state index contributed by atoms with van der Waals surface area (Å²) in [4.78, 5) is 0. The maximum absolute atomic E-state index is 10.1. The van der Waals surface area contributed by atoms with E-state index in [0.717, 1.165) is 18.4 Å². The summed E-state index contributed by atoms with van der Waals surface area (Å²) in [5, 5.41) is 10.1. The van der Waals surface area contributed by atoms with Gasteiger partial charge >= 0.3 is 0 Å². The van der Waals surface area contributed by atoms with E-state index in [4.69, 9.17) is 0 Å². The molecule has 1 aromatic carbocycles. The molecule has 14 heavy (non-hydrogen) atoms. The molecule has 0 aromatic heterocycles. The van der Waals surface area contributed by atoms with Gasteiger partial charge in [-0.2, -0.15) is 0 Å². The maximum Gasteiger partial charge on any atom is 0.0901 e. The van der Waals surface area contributed by atoms with Crippen LogP contribution >= 0.6 is 0 Å². The van der Waals surface area contributed by atoms with E-state index in [1.807, 2.05) is 0 Å². The highest BCUT2D eigenvalue weighted by molar-refractivity contribution is 5.47. The molecule has 1 heteroatoms. The van der Waals surface area contributed by atoms with Gasteiger partial charge in [0.2, 0.25) is 0 Å². The van der Waals surface area contributed by atoms with Gasteiger partial charge in [0.05, 0.1) is 5.60 Å². The van der Waals surface area contributed by atoms with Crippen LogP contribution in [0.1, 0.15) is 40.7 Å².